The number of ether oxygens (including phenoxy) is 1. The summed E-state index contributed by atoms with van der Waals surface area (Å²) in [6.45, 7) is 2.52. The number of rotatable bonds is 9. The molecule has 1 saturated carbocycles. The fourth-order valence-electron chi connectivity index (χ4n) is 3.03. The predicted octanol–water partition coefficient (Wildman–Crippen LogP) is 2.82. The minimum atomic E-state index is -0.926. The number of aromatic nitrogens is 3. The van der Waals surface area contributed by atoms with Crippen LogP contribution in [-0.2, 0) is 16.0 Å². The number of aryl methyl sites for hydroxylation is 1. The number of carbonyl (C=O) groups excluding carboxylic acids is 1. The molecule has 25 heavy (non-hydrogen) atoms. The summed E-state index contributed by atoms with van der Waals surface area (Å²) < 4.78 is 7.12. The lowest BCUT2D eigenvalue weighted by Gasteiger charge is -2.16. The number of hydrogen-bond acceptors (Lipinski definition) is 7. The van der Waals surface area contributed by atoms with E-state index < -0.39 is 11.9 Å². The van der Waals surface area contributed by atoms with Gasteiger partial charge in [-0.15, -0.1) is 10.2 Å². The fraction of sp³-hybridized carbons (Fsp3) is 0.706. The van der Waals surface area contributed by atoms with Gasteiger partial charge in [0.25, 0.3) is 0 Å². The second kappa shape index (κ2) is 10.2. The number of nitrogens with zero attached hydrogens (tertiary/aromatic N) is 5. The van der Waals surface area contributed by atoms with E-state index in [1.54, 1.807) is 18.7 Å². The van der Waals surface area contributed by atoms with Crippen LogP contribution in [0.5, 0.6) is 0 Å². The Balaban J connectivity index is 1.87. The smallest absolute Gasteiger partial charge is 0.328 e. The lowest BCUT2D eigenvalue weighted by Crippen LogP contribution is -2.17. The van der Waals surface area contributed by atoms with E-state index in [0.717, 1.165) is 23.8 Å². The van der Waals surface area contributed by atoms with E-state index in [0.29, 0.717) is 12.6 Å². The van der Waals surface area contributed by atoms with Crippen molar-refractivity contribution in [3.8, 4) is 6.07 Å². The van der Waals surface area contributed by atoms with Gasteiger partial charge < -0.3 is 9.30 Å². The first kappa shape index (κ1) is 19.4. The molecular formula is C17H25N5O2S. The summed E-state index contributed by atoms with van der Waals surface area (Å²) in [7, 11) is 0. The van der Waals surface area contributed by atoms with E-state index in [1.165, 1.54) is 31.9 Å². The van der Waals surface area contributed by atoms with E-state index in [2.05, 4.69) is 19.8 Å². The summed E-state index contributed by atoms with van der Waals surface area (Å²) >= 11 is 1.63. The van der Waals surface area contributed by atoms with Gasteiger partial charge in [0.05, 0.1) is 12.7 Å². The summed E-state index contributed by atoms with van der Waals surface area (Å²) in [6.07, 6.45) is 9.93. The molecule has 1 atom stereocenters. The van der Waals surface area contributed by atoms with E-state index in [-0.39, 0.29) is 6.61 Å². The highest BCUT2D eigenvalue weighted by molar-refractivity contribution is 7.98. The Kier molecular flexibility index (Phi) is 7.92. The number of esters is 1. The Morgan fingerprint density at radius 3 is 2.92 bits per heavy atom. The molecule has 136 valence electrons. The largest absolute Gasteiger partial charge is 0.465 e. The first-order valence-corrected chi connectivity index (χ1v) is 9.97. The maximum atomic E-state index is 11.5. The van der Waals surface area contributed by atoms with Crippen LogP contribution in [0.2, 0.25) is 0 Å². The van der Waals surface area contributed by atoms with Gasteiger partial charge in [-0.05, 0) is 32.4 Å². The van der Waals surface area contributed by atoms with Crippen LogP contribution in [0.15, 0.2) is 10.1 Å². The lowest BCUT2D eigenvalue weighted by atomic mass is 10.2. The topological polar surface area (TPSA) is 93.2 Å². The van der Waals surface area contributed by atoms with Crippen LogP contribution in [0.3, 0.4) is 0 Å². The van der Waals surface area contributed by atoms with Crippen LogP contribution >= 0.6 is 11.8 Å². The minimum absolute atomic E-state index is 0.263. The monoisotopic (exact) mass is 363 g/mol. The molecule has 7 nitrogen and oxygen atoms in total. The van der Waals surface area contributed by atoms with Gasteiger partial charge >= 0.3 is 5.97 Å². The molecule has 2 rings (SSSR count). The molecule has 8 heteroatoms. The third-order valence-corrected chi connectivity index (χ3v) is 4.87. The number of hydrogen-bond donors (Lipinski definition) is 0. The van der Waals surface area contributed by atoms with E-state index in [9.17, 15) is 4.79 Å². The minimum Gasteiger partial charge on any atom is -0.465 e. The lowest BCUT2D eigenvalue weighted by molar-refractivity contribution is -0.143. The Hall–Kier alpha value is -1.88. The van der Waals surface area contributed by atoms with Crippen molar-refractivity contribution in [1.82, 2.24) is 14.8 Å². The van der Waals surface area contributed by atoms with E-state index >= 15 is 0 Å². The highest BCUT2D eigenvalue weighted by Crippen LogP contribution is 2.33. The average Bonchev–Trinajstić information content (AvgIpc) is 3.27. The highest BCUT2D eigenvalue weighted by atomic mass is 32.2. The van der Waals surface area contributed by atoms with Gasteiger partial charge in [-0.25, -0.2) is 0 Å². The first-order valence-electron chi connectivity index (χ1n) is 8.75. The van der Waals surface area contributed by atoms with Crippen molar-refractivity contribution in [2.24, 2.45) is 10.9 Å². The van der Waals surface area contributed by atoms with Crippen molar-refractivity contribution in [2.45, 2.75) is 56.6 Å². The SMILES string of the molecule is CCOC(=O)[C@H](C#N)C=NCCCc1nnc(SC)n1C1CCCC1. The van der Waals surface area contributed by atoms with Crippen LogP contribution in [0.25, 0.3) is 0 Å². The molecule has 1 aliphatic rings. The van der Waals surface area contributed by atoms with Crippen molar-refractivity contribution in [2.75, 3.05) is 19.4 Å². The molecule has 0 unspecified atom stereocenters. The van der Waals surface area contributed by atoms with Gasteiger partial charge in [0, 0.05) is 25.2 Å². The number of nitriles is 1. The zero-order valence-electron chi connectivity index (χ0n) is 14.8. The molecule has 1 heterocycles. The van der Waals surface area contributed by atoms with Crippen LogP contribution in [0.1, 0.15) is 50.9 Å². The van der Waals surface area contributed by atoms with Crippen LogP contribution in [-0.4, -0.2) is 46.4 Å². The normalized spacial score (nSPS) is 16.2. The summed E-state index contributed by atoms with van der Waals surface area (Å²) in [4.78, 5) is 15.7. The van der Waals surface area contributed by atoms with Crippen LogP contribution < -0.4 is 0 Å². The van der Waals surface area contributed by atoms with Crippen molar-refractivity contribution in [1.29, 1.82) is 5.26 Å². The molecule has 0 spiro atoms. The summed E-state index contributed by atoms with van der Waals surface area (Å²) in [5.74, 6) is -0.460. The molecule has 0 radical (unpaired) electrons. The van der Waals surface area contributed by atoms with Crippen molar-refractivity contribution in [3.05, 3.63) is 5.82 Å². The molecule has 1 aliphatic carbocycles. The highest BCUT2D eigenvalue weighted by Gasteiger charge is 2.23. The van der Waals surface area contributed by atoms with E-state index in [4.69, 9.17) is 10.00 Å². The predicted molar refractivity (Wildman–Crippen MR) is 96.7 cm³/mol. The Bertz CT molecular complexity index is 631. The summed E-state index contributed by atoms with van der Waals surface area (Å²) in [5.41, 5.74) is 0. The van der Waals surface area contributed by atoms with Gasteiger partial charge in [0.1, 0.15) is 5.82 Å². The summed E-state index contributed by atoms with van der Waals surface area (Å²) in [5, 5.41) is 18.6. The Morgan fingerprint density at radius 2 is 2.28 bits per heavy atom. The summed E-state index contributed by atoms with van der Waals surface area (Å²) in [6, 6.07) is 2.42. The van der Waals surface area contributed by atoms with Gasteiger partial charge in [0.2, 0.25) is 0 Å². The molecule has 0 aromatic carbocycles. The molecule has 1 aromatic heterocycles. The quantitative estimate of drug-likeness (QED) is 0.290. The first-order chi connectivity index (χ1) is 12.2. The molecular weight excluding hydrogens is 338 g/mol. The van der Waals surface area contributed by atoms with Gasteiger partial charge in [0.15, 0.2) is 11.1 Å². The Labute approximate surface area is 152 Å². The van der Waals surface area contributed by atoms with Crippen molar-refractivity contribution in [3.63, 3.8) is 0 Å². The van der Waals surface area contributed by atoms with Crippen molar-refractivity contribution < 1.29 is 9.53 Å². The second-order valence-corrected chi connectivity index (χ2v) is 6.70. The zero-order valence-corrected chi connectivity index (χ0v) is 15.7. The fourth-order valence-corrected chi connectivity index (χ4v) is 3.61. The number of thioether (sulfide) groups is 1. The molecule has 0 aliphatic heterocycles. The molecule has 1 fully saturated rings. The molecule has 0 saturated heterocycles. The standard InChI is InChI=1S/C17H25N5O2S/c1-3-24-16(23)13(11-18)12-19-10-6-9-15-20-21-17(25-2)22(15)14-7-4-5-8-14/h12-14H,3-10H2,1-2H3/t13-/m1/s1. The van der Waals surface area contributed by atoms with Crippen molar-refractivity contribution >= 4 is 23.9 Å². The number of carbonyl (C=O) groups is 1. The van der Waals surface area contributed by atoms with E-state index in [1.807, 2.05) is 12.3 Å². The number of aliphatic imine (C=N–C) groups is 1. The third kappa shape index (κ3) is 5.30. The zero-order chi connectivity index (χ0) is 18.1. The maximum absolute atomic E-state index is 11.5. The van der Waals surface area contributed by atoms with Crippen LogP contribution in [0, 0.1) is 17.2 Å². The second-order valence-electron chi connectivity index (χ2n) is 5.93. The maximum Gasteiger partial charge on any atom is 0.328 e. The Morgan fingerprint density at radius 1 is 1.52 bits per heavy atom. The molecule has 0 N–H and O–H groups in total. The molecule has 0 amide bonds. The molecule has 0 bridgehead atoms. The van der Waals surface area contributed by atoms with Gasteiger partial charge in [-0.3, -0.25) is 9.79 Å². The third-order valence-electron chi connectivity index (χ3n) is 4.23. The van der Waals surface area contributed by atoms with Crippen LogP contribution in [0.4, 0.5) is 0 Å². The van der Waals surface area contributed by atoms with Gasteiger partial charge in [-0.1, -0.05) is 24.6 Å². The van der Waals surface area contributed by atoms with Gasteiger partial charge in [-0.2, -0.15) is 5.26 Å². The molecule has 1 aromatic rings. The average molecular weight is 363 g/mol.